The van der Waals surface area contributed by atoms with Crippen molar-refractivity contribution >= 4 is 24.0 Å². The molecule has 1 rings (SSSR count). The molecule has 128 valence electrons. The van der Waals surface area contributed by atoms with Gasteiger partial charge in [-0.05, 0) is 17.7 Å². The second-order valence-corrected chi connectivity index (χ2v) is 4.24. The summed E-state index contributed by atoms with van der Waals surface area (Å²) in [6, 6.07) is -1.34. The summed E-state index contributed by atoms with van der Waals surface area (Å²) in [7, 11) is 0. The zero-order chi connectivity index (χ0) is 16.6. The quantitative estimate of drug-likeness (QED) is 0.761. The van der Waals surface area contributed by atoms with E-state index >= 15 is 0 Å². The van der Waals surface area contributed by atoms with Gasteiger partial charge in [0, 0.05) is 0 Å². The van der Waals surface area contributed by atoms with Gasteiger partial charge < -0.3 is 10.5 Å². The van der Waals surface area contributed by atoms with Crippen molar-refractivity contribution in [3.63, 3.8) is 0 Å². The Hall–Kier alpha value is -1.00. The fraction of sp³-hybridized carbons (Fsp3) is 0.400. The van der Waals surface area contributed by atoms with Crippen LogP contribution in [0.25, 0.3) is 0 Å². The molecule has 0 bridgehead atoms. The van der Waals surface area contributed by atoms with Crippen LogP contribution in [0.3, 0.4) is 0 Å². The molecule has 0 heterocycles. The molecular weight excluding hydrogens is 373 g/mol. The molecule has 0 fully saturated rings. The molecule has 0 spiro atoms. The first kappa shape index (κ1) is 21.0. The van der Waals surface area contributed by atoms with E-state index in [1.165, 1.54) is 0 Å². The van der Waals surface area contributed by atoms with Gasteiger partial charge in [0.1, 0.15) is 11.8 Å². The van der Waals surface area contributed by atoms with Crippen molar-refractivity contribution in [3.05, 3.63) is 28.8 Å². The Morgan fingerprint density at radius 3 is 1.86 bits per heavy atom. The summed E-state index contributed by atoms with van der Waals surface area (Å²) in [5.41, 5.74) is 4.02. The highest BCUT2D eigenvalue weighted by atomic mass is 35.5. The zero-order valence-electron chi connectivity index (χ0n) is 10.1. The van der Waals surface area contributed by atoms with E-state index in [-0.39, 0.29) is 12.4 Å². The highest BCUT2D eigenvalue weighted by Crippen LogP contribution is 2.44. The molecule has 1 aromatic carbocycles. The van der Waals surface area contributed by atoms with Crippen LogP contribution in [0.15, 0.2) is 18.2 Å². The van der Waals surface area contributed by atoms with E-state index in [9.17, 15) is 35.1 Å². The molecule has 0 aliphatic carbocycles. The number of alkyl halides is 8. The van der Waals surface area contributed by atoms with Crippen LogP contribution < -0.4 is 10.5 Å². The minimum atomic E-state index is -5.92. The van der Waals surface area contributed by atoms with Gasteiger partial charge in [0.25, 0.3) is 0 Å². The second kappa shape index (κ2) is 6.63. The molecule has 0 radical (unpaired) electrons. The predicted octanol–water partition coefficient (Wildman–Crippen LogP) is 4.86. The van der Waals surface area contributed by atoms with Gasteiger partial charge in [-0.2, -0.15) is 22.0 Å². The van der Waals surface area contributed by atoms with Gasteiger partial charge in [-0.3, -0.25) is 0 Å². The monoisotopic (exact) mass is 379 g/mol. The van der Waals surface area contributed by atoms with Gasteiger partial charge in [0.15, 0.2) is 0 Å². The summed E-state index contributed by atoms with van der Waals surface area (Å²) >= 11 is 5.34. The summed E-state index contributed by atoms with van der Waals surface area (Å²) in [5, 5.41) is -0.807. The van der Waals surface area contributed by atoms with Crippen molar-refractivity contribution in [2.45, 2.75) is 24.5 Å². The molecule has 0 aromatic heterocycles. The summed E-state index contributed by atoms with van der Waals surface area (Å²) < 4.78 is 102. The Morgan fingerprint density at radius 1 is 1.00 bits per heavy atom. The summed E-state index contributed by atoms with van der Waals surface area (Å²) in [6.45, 7) is 0. The third-order valence-corrected chi connectivity index (χ3v) is 2.60. The lowest BCUT2D eigenvalue weighted by molar-refractivity contribution is -0.291. The van der Waals surface area contributed by atoms with E-state index < -0.39 is 40.8 Å². The van der Waals surface area contributed by atoms with Crippen LogP contribution in [-0.4, -0.2) is 18.5 Å². The van der Waals surface area contributed by atoms with Crippen molar-refractivity contribution in [1.29, 1.82) is 0 Å². The molecule has 0 saturated heterocycles. The molecule has 12 heteroatoms. The van der Waals surface area contributed by atoms with Crippen molar-refractivity contribution in [1.82, 2.24) is 0 Å². The van der Waals surface area contributed by atoms with Crippen molar-refractivity contribution < 1.29 is 39.9 Å². The van der Waals surface area contributed by atoms with Crippen molar-refractivity contribution in [3.8, 4) is 5.75 Å². The molecule has 1 atom stereocenters. The normalized spacial score (nSPS) is 14.3. The number of halogens is 10. The Morgan fingerprint density at radius 2 is 1.50 bits per heavy atom. The first-order valence-electron chi connectivity index (χ1n) is 5.01. The molecule has 0 unspecified atom stereocenters. The summed E-state index contributed by atoms with van der Waals surface area (Å²) in [6.07, 6.45) is -11.0. The average molecular weight is 380 g/mol. The SMILES string of the molecule is Cl.N[C@H](c1ccc(OC(F)(F)F)c(Cl)c1)C(F)(F)C(F)(F)F. The number of ether oxygens (including phenoxy) is 1. The van der Waals surface area contributed by atoms with E-state index in [0.717, 1.165) is 0 Å². The minimum Gasteiger partial charge on any atom is -0.404 e. The van der Waals surface area contributed by atoms with Gasteiger partial charge in [0.2, 0.25) is 0 Å². The van der Waals surface area contributed by atoms with Crippen LogP contribution in [-0.2, 0) is 0 Å². The minimum absolute atomic E-state index is 0. The number of benzene rings is 1. The average Bonchev–Trinajstić information content (AvgIpc) is 2.27. The lowest BCUT2D eigenvalue weighted by atomic mass is 10.0. The molecule has 2 nitrogen and oxygen atoms in total. The fourth-order valence-electron chi connectivity index (χ4n) is 1.30. The first-order chi connectivity index (χ1) is 9.25. The Kier molecular flexibility index (Phi) is 6.33. The number of hydrogen-bond donors (Lipinski definition) is 1. The Labute approximate surface area is 129 Å². The van der Waals surface area contributed by atoms with Gasteiger partial charge in [-0.25, -0.2) is 0 Å². The third kappa shape index (κ3) is 4.75. The van der Waals surface area contributed by atoms with Gasteiger partial charge in [-0.15, -0.1) is 25.6 Å². The van der Waals surface area contributed by atoms with E-state index in [4.69, 9.17) is 17.3 Å². The second-order valence-electron chi connectivity index (χ2n) is 3.84. The van der Waals surface area contributed by atoms with E-state index in [1.807, 2.05) is 0 Å². The number of hydrogen-bond acceptors (Lipinski definition) is 2. The highest BCUT2D eigenvalue weighted by molar-refractivity contribution is 6.32. The Bertz CT molecular complexity index is 517. The highest BCUT2D eigenvalue weighted by Gasteiger charge is 2.61. The molecule has 2 N–H and O–H groups in total. The summed E-state index contributed by atoms with van der Waals surface area (Å²) in [4.78, 5) is 0. The smallest absolute Gasteiger partial charge is 0.404 e. The lowest BCUT2D eigenvalue weighted by Crippen LogP contribution is -2.45. The number of nitrogens with two attached hydrogens (primary N) is 1. The molecular formula is C10H7Cl2F8NO. The molecule has 22 heavy (non-hydrogen) atoms. The van der Waals surface area contributed by atoms with E-state index in [1.54, 1.807) is 0 Å². The predicted molar refractivity (Wildman–Crippen MR) is 63.3 cm³/mol. The van der Waals surface area contributed by atoms with Gasteiger partial charge in [-0.1, -0.05) is 17.7 Å². The van der Waals surface area contributed by atoms with Crippen LogP contribution in [0, 0.1) is 0 Å². The first-order valence-corrected chi connectivity index (χ1v) is 5.39. The van der Waals surface area contributed by atoms with Crippen molar-refractivity contribution in [2.24, 2.45) is 5.73 Å². The molecule has 1 aromatic rings. The Balaban J connectivity index is 0.00000441. The number of rotatable bonds is 3. The summed E-state index contributed by atoms with van der Waals surface area (Å²) in [5.74, 6) is -6.22. The van der Waals surface area contributed by atoms with Crippen LogP contribution in [0.4, 0.5) is 35.1 Å². The van der Waals surface area contributed by atoms with Crippen LogP contribution in [0.2, 0.25) is 5.02 Å². The van der Waals surface area contributed by atoms with E-state index in [0.29, 0.717) is 18.2 Å². The third-order valence-electron chi connectivity index (χ3n) is 2.31. The van der Waals surface area contributed by atoms with Gasteiger partial charge >= 0.3 is 18.5 Å². The molecule has 0 saturated carbocycles. The maximum Gasteiger partial charge on any atom is 0.573 e. The van der Waals surface area contributed by atoms with E-state index in [2.05, 4.69) is 4.74 Å². The maximum atomic E-state index is 13.0. The van der Waals surface area contributed by atoms with Crippen LogP contribution in [0.1, 0.15) is 11.6 Å². The molecule has 0 aliphatic rings. The molecule has 0 aliphatic heterocycles. The lowest BCUT2D eigenvalue weighted by Gasteiger charge is -2.26. The fourth-order valence-corrected chi connectivity index (χ4v) is 1.53. The standard InChI is InChI=1S/C10H6ClF8NO.ClH/c11-5-3-4(1-2-6(5)21-10(17,18)19)7(20)8(12,13)9(14,15)16;/h1-3,7H,20H2;1H/t7-;/m1./s1. The van der Waals surface area contributed by atoms with Crippen LogP contribution in [0.5, 0.6) is 5.75 Å². The molecule has 0 amide bonds. The van der Waals surface area contributed by atoms with Crippen LogP contribution >= 0.6 is 24.0 Å². The topological polar surface area (TPSA) is 35.2 Å². The maximum absolute atomic E-state index is 13.0. The zero-order valence-corrected chi connectivity index (χ0v) is 11.7. The van der Waals surface area contributed by atoms with Crippen molar-refractivity contribution in [2.75, 3.05) is 0 Å². The van der Waals surface area contributed by atoms with Gasteiger partial charge in [0.05, 0.1) is 5.02 Å². The largest absolute Gasteiger partial charge is 0.573 e.